The second-order valence-corrected chi connectivity index (χ2v) is 24.8. The minimum absolute atomic E-state index is 0.617. The Bertz CT molecular complexity index is 3120. The van der Waals surface area contributed by atoms with E-state index in [0.29, 0.717) is 63.7 Å². The molecule has 5 heterocycles. The standard InChI is InChI=1S/C48H26Br12N4O4/c1-65-45-21(53)13-17(49)33(41(45)57)37-25-5-7-27(61-25)38(34-18(50)14-22(54)46(66-2)42(34)58)29-9-11-31(63-29)40(36-20(52)16-24(56)48(68-4)44(36)60)32-12-10-30(64-32)39(28-8-6-26(37)62-28)35-19(51)15-23(55)47(67-3)43(35)59/h5-16,61,64H,1-4H3. The highest BCUT2D eigenvalue weighted by molar-refractivity contribution is 9.13. The lowest BCUT2D eigenvalue weighted by Crippen LogP contribution is -1.96. The first kappa shape index (κ1) is 51.3. The van der Waals surface area contributed by atoms with Crippen LogP contribution in [0.5, 0.6) is 23.0 Å². The van der Waals surface area contributed by atoms with Crippen molar-refractivity contribution in [1.29, 1.82) is 0 Å². The van der Waals surface area contributed by atoms with Gasteiger partial charge in [-0.05, 0) is 200 Å². The maximum absolute atomic E-state index is 5.95. The van der Waals surface area contributed by atoms with E-state index in [1.807, 2.05) is 48.6 Å². The van der Waals surface area contributed by atoms with Crippen LogP contribution in [-0.4, -0.2) is 48.4 Å². The Morgan fingerprint density at radius 1 is 0.309 bits per heavy atom. The van der Waals surface area contributed by atoms with Crippen LogP contribution in [-0.2, 0) is 0 Å². The maximum atomic E-state index is 5.95. The number of methoxy groups -OCH3 is 4. The van der Waals surface area contributed by atoms with Crippen molar-refractivity contribution >= 4 is 238 Å². The van der Waals surface area contributed by atoms with E-state index in [0.717, 1.165) is 102 Å². The van der Waals surface area contributed by atoms with Gasteiger partial charge in [-0.2, -0.15) is 0 Å². The van der Waals surface area contributed by atoms with Crippen molar-refractivity contribution in [3.8, 4) is 67.5 Å². The maximum Gasteiger partial charge on any atom is 0.147 e. The SMILES string of the molecule is COc1c(Br)cc(Br)c(-c2c3nc(c(-c4c(Br)cc(Br)c(OC)c4Br)c4ccc([nH]4)c(-c4c(Br)cc(Br)c(OC)c4Br)c4nc(c(-c5c(Br)cc(Br)c(OC)c5Br)c5ccc2[nH]5)C=C4)C=C3)c1Br. The first-order valence-corrected chi connectivity index (χ1v) is 29.1. The van der Waals surface area contributed by atoms with Gasteiger partial charge in [-0.1, -0.05) is 63.7 Å². The second kappa shape index (κ2) is 20.7. The highest BCUT2D eigenvalue weighted by atomic mass is 79.9. The second-order valence-electron chi connectivity index (χ2n) is 14.8. The van der Waals surface area contributed by atoms with Gasteiger partial charge in [0.25, 0.3) is 0 Å². The van der Waals surface area contributed by atoms with Crippen LogP contribution in [0.4, 0.5) is 0 Å². The van der Waals surface area contributed by atoms with Crippen LogP contribution in [0.15, 0.2) is 102 Å². The summed E-state index contributed by atoms with van der Waals surface area (Å²) in [7, 11) is 6.57. The van der Waals surface area contributed by atoms with Crippen molar-refractivity contribution in [3.05, 3.63) is 125 Å². The molecule has 0 saturated heterocycles. The number of rotatable bonds is 8. The van der Waals surface area contributed by atoms with Crippen molar-refractivity contribution < 1.29 is 18.9 Å². The quantitative estimate of drug-likeness (QED) is 0.157. The average molecular weight is 1680 g/mol. The van der Waals surface area contributed by atoms with Crippen molar-refractivity contribution in [1.82, 2.24) is 19.9 Å². The van der Waals surface area contributed by atoms with Crippen LogP contribution < -0.4 is 18.9 Å². The van der Waals surface area contributed by atoms with Crippen LogP contribution in [0.1, 0.15) is 22.8 Å². The smallest absolute Gasteiger partial charge is 0.147 e. The van der Waals surface area contributed by atoms with E-state index in [2.05, 4.69) is 225 Å². The normalized spacial score (nSPS) is 12.0. The minimum atomic E-state index is 0.617. The van der Waals surface area contributed by atoms with Crippen molar-refractivity contribution in [2.45, 2.75) is 0 Å². The highest BCUT2D eigenvalue weighted by Gasteiger charge is 2.28. The summed E-state index contributed by atoms with van der Waals surface area (Å²) in [6, 6.07) is 16.1. The Balaban J connectivity index is 1.57. The van der Waals surface area contributed by atoms with E-state index in [9.17, 15) is 0 Å². The molecule has 2 aliphatic heterocycles. The number of benzene rings is 4. The van der Waals surface area contributed by atoms with Gasteiger partial charge < -0.3 is 28.9 Å². The molecule has 3 aromatic heterocycles. The summed E-state index contributed by atoms with van der Waals surface area (Å²) in [5, 5.41) is 0. The fourth-order valence-corrected chi connectivity index (χ4v) is 19.6. The third kappa shape index (κ3) is 8.93. The van der Waals surface area contributed by atoms with Gasteiger partial charge in [0.05, 0.1) is 87.0 Å². The minimum Gasteiger partial charge on any atom is -0.494 e. The van der Waals surface area contributed by atoms with Gasteiger partial charge in [-0.3, -0.25) is 0 Å². The van der Waals surface area contributed by atoms with Gasteiger partial charge in [0.2, 0.25) is 0 Å². The summed E-state index contributed by atoms with van der Waals surface area (Å²) < 4.78 is 32.9. The number of hydrogen-bond donors (Lipinski definition) is 2. The monoisotopic (exact) mass is 1670 g/mol. The molecule has 68 heavy (non-hydrogen) atoms. The number of ether oxygens (including phenoxy) is 4. The molecule has 7 aromatic rings. The van der Waals surface area contributed by atoms with Crippen molar-refractivity contribution in [2.24, 2.45) is 0 Å². The molecule has 0 atom stereocenters. The molecule has 0 spiro atoms. The third-order valence-electron chi connectivity index (χ3n) is 11.1. The zero-order valence-corrected chi connectivity index (χ0v) is 54.0. The lowest BCUT2D eigenvalue weighted by molar-refractivity contribution is 0.409. The van der Waals surface area contributed by atoms with E-state index in [-0.39, 0.29) is 0 Å². The lowest BCUT2D eigenvalue weighted by Gasteiger charge is -2.16. The van der Waals surface area contributed by atoms with Gasteiger partial charge in [0.15, 0.2) is 0 Å². The van der Waals surface area contributed by atoms with Crippen LogP contribution in [0.3, 0.4) is 0 Å². The number of fused-ring (bicyclic) bond motifs is 8. The van der Waals surface area contributed by atoms with Crippen molar-refractivity contribution in [3.63, 3.8) is 0 Å². The molecule has 0 fully saturated rings. The van der Waals surface area contributed by atoms with Crippen LogP contribution in [0, 0.1) is 0 Å². The molecule has 0 saturated carbocycles. The number of nitrogens with zero attached hydrogens (tertiary/aromatic N) is 2. The summed E-state index contributed by atoms with van der Waals surface area (Å²) in [6.07, 6.45) is 8.11. The van der Waals surface area contributed by atoms with Crippen LogP contribution in [0.25, 0.3) is 90.9 Å². The summed E-state index contributed by atoms with van der Waals surface area (Å²) >= 11 is 46.3. The summed E-state index contributed by atoms with van der Waals surface area (Å²) in [5.74, 6) is 2.47. The number of aromatic amines is 2. The third-order valence-corrected chi connectivity index (χ3v) is 19.0. The molecule has 0 amide bonds. The Morgan fingerprint density at radius 3 is 0.706 bits per heavy atom. The molecule has 9 rings (SSSR count). The predicted octanol–water partition coefficient (Wildman–Crippen LogP) is 20.5. The molecule has 346 valence electrons. The summed E-state index contributed by atoms with van der Waals surface area (Å²) in [6.45, 7) is 0. The molecule has 0 radical (unpaired) electrons. The van der Waals surface area contributed by atoms with E-state index in [4.69, 9.17) is 28.9 Å². The van der Waals surface area contributed by atoms with E-state index < -0.39 is 0 Å². The Morgan fingerprint density at radius 2 is 0.515 bits per heavy atom. The fraction of sp³-hybridized carbons (Fsp3) is 0.0833. The molecule has 4 aromatic carbocycles. The Kier molecular flexibility index (Phi) is 15.7. The molecule has 0 aliphatic carbocycles. The molecule has 8 bridgehead atoms. The molecule has 8 nitrogen and oxygen atoms in total. The number of halogens is 12. The zero-order chi connectivity index (χ0) is 48.6. The van der Waals surface area contributed by atoms with Gasteiger partial charge in [0.1, 0.15) is 23.0 Å². The van der Waals surface area contributed by atoms with Crippen LogP contribution >= 0.6 is 191 Å². The number of hydrogen-bond acceptors (Lipinski definition) is 6. The molecule has 20 heteroatoms. The Labute approximate surface area is 490 Å². The first-order valence-electron chi connectivity index (χ1n) is 19.6. The zero-order valence-electron chi connectivity index (χ0n) is 35.0. The fourth-order valence-electron chi connectivity index (χ4n) is 8.21. The van der Waals surface area contributed by atoms with Crippen LogP contribution in [0.2, 0.25) is 0 Å². The topological polar surface area (TPSA) is 94.3 Å². The Hall–Kier alpha value is -1.56. The number of H-pyrrole nitrogens is 2. The average Bonchev–Trinajstić information content (AvgIpc) is 4.13. The van der Waals surface area contributed by atoms with E-state index >= 15 is 0 Å². The lowest BCUT2D eigenvalue weighted by atomic mass is 10.0. The van der Waals surface area contributed by atoms with Gasteiger partial charge in [-0.15, -0.1) is 0 Å². The van der Waals surface area contributed by atoms with Gasteiger partial charge in [-0.25, -0.2) is 9.97 Å². The highest BCUT2D eigenvalue weighted by Crippen LogP contribution is 2.53. The summed E-state index contributed by atoms with van der Waals surface area (Å²) in [4.78, 5) is 18.7. The molecule has 0 unspecified atom stereocenters. The van der Waals surface area contributed by atoms with E-state index in [1.54, 1.807) is 28.4 Å². The van der Waals surface area contributed by atoms with Gasteiger partial charge >= 0.3 is 0 Å². The molecular weight excluding hydrogens is 1660 g/mol. The van der Waals surface area contributed by atoms with Crippen molar-refractivity contribution in [2.75, 3.05) is 28.4 Å². The number of nitrogens with one attached hydrogen (secondary N) is 2. The molecule has 2 aliphatic rings. The van der Waals surface area contributed by atoms with E-state index in [1.165, 1.54) is 0 Å². The number of aromatic nitrogens is 4. The molecular formula is C48H26Br12N4O4. The summed E-state index contributed by atoms with van der Waals surface area (Å²) in [5.41, 5.74) is 12.2. The molecule has 2 N–H and O–H groups in total. The van der Waals surface area contributed by atoms with Gasteiger partial charge in [0, 0.05) is 84.5 Å². The largest absolute Gasteiger partial charge is 0.494 e. The predicted molar refractivity (Wildman–Crippen MR) is 319 cm³/mol. The first-order chi connectivity index (χ1) is 32.5.